The molecule has 136 valence electrons. The molecule has 0 fully saturated rings. The first-order chi connectivity index (χ1) is 12.4. The average molecular weight is 443 g/mol. The van der Waals surface area contributed by atoms with Crippen LogP contribution in [0.3, 0.4) is 0 Å². The molecule has 0 saturated carbocycles. The molecule has 0 heterocycles. The summed E-state index contributed by atoms with van der Waals surface area (Å²) in [5.41, 5.74) is 0. The van der Waals surface area contributed by atoms with Crippen LogP contribution in [0.25, 0.3) is 0 Å². The number of hydrogen-bond donors (Lipinski definition) is 0. The van der Waals surface area contributed by atoms with Gasteiger partial charge in [0.05, 0.1) is 0 Å². The maximum absolute atomic E-state index is 2.74. The van der Waals surface area contributed by atoms with Crippen LogP contribution in [0, 0.1) is 0 Å². The van der Waals surface area contributed by atoms with E-state index >= 15 is 0 Å². The van der Waals surface area contributed by atoms with E-state index in [0.717, 1.165) is 15.7 Å². The van der Waals surface area contributed by atoms with Crippen molar-refractivity contribution in [2.24, 2.45) is 0 Å². The van der Waals surface area contributed by atoms with Crippen LogP contribution in [-0.2, 0) is 0 Å². The quantitative estimate of drug-likeness (QED) is 0.306. The van der Waals surface area contributed by atoms with Crippen LogP contribution in [0.2, 0.25) is 15.7 Å². The predicted molar refractivity (Wildman–Crippen MR) is 113 cm³/mol. The molecule has 0 aromatic heterocycles. The summed E-state index contributed by atoms with van der Waals surface area (Å²) in [7, 11) is 0. The normalized spacial score (nSPS) is 37.8. The molecular weight excluding hydrogens is 407 g/mol. The summed E-state index contributed by atoms with van der Waals surface area (Å²) in [4.78, 5) is 0. The van der Waals surface area contributed by atoms with E-state index in [2.05, 4.69) is 48.6 Å². The van der Waals surface area contributed by atoms with Gasteiger partial charge in [-0.2, -0.15) is 0 Å². The summed E-state index contributed by atoms with van der Waals surface area (Å²) in [6, 6.07) is 0. The van der Waals surface area contributed by atoms with E-state index in [0.29, 0.717) is 0 Å². The molecule has 0 aliphatic heterocycles. The first-order valence-corrected chi connectivity index (χ1v) is 17.7. The van der Waals surface area contributed by atoms with Crippen LogP contribution in [-0.4, -0.2) is 18.4 Å². The Morgan fingerprint density at radius 1 is 0.440 bits per heavy atom. The summed E-state index contributed by atoms with van der Waals surface area (Å²) < 4.78 is 3.93. The molecule has 0 N–H and O–H groups in total. The van der Waals surface area contributed by atoms with Gasteiger partial charge in [0.1, 0.15) is 0 Å². The van der Waals surface area contributed by atoms with Crippen molar-refractivity contribution in [3.05, 3.63) is 48.6 Å². The van der Waals surface area contributed by atoms with E-state index in [4.69, 9.17) is 0 Å². The Bertz CT molecular complexity index is 451. The monoisotopic (exact) mass is 444 g/mol. The maximum atomic E-state index is 2.74. The van der Waals surface area contributed by atoms with Gasteiger partial charge in [0, 0.05) is 0 Å². The fourth-order valence-electron chi connectivity index (χ4n) is 6.57. The van der Waals surface area contributed by atoms with Gasteiger partial charge in [-0.1, -0.05) is 0 Å². The van der Waals surface area contributed by atoms with Gasteiger partial charge < -0.3 is 0 Å². The molecule has 0 amide bonds. The number of hydrogen-bond acceptors (Lipinski definition) is 0. The minimum atomic E-state index is -2.55. The molecule has 0 nitrogen and oxygen atoms in total. The SMILES string of the molecule is C1=C[CH]([Sn]([CH]2C=CCCC2)([CH]2C=CCCC2)[CH]2C=CCCC2)CCC1. The second-order valence-corrected chi connectivity index (χ2v) is 23.0. The van der Waals surface area contributed by atoms with Gasteiger partial charge in [-0.05, 0) is 0 Å². The number of allylic oxidation sites excluding steroid dienone is 8. The summed E-state index contributed by atoms with van der Waals surface area (Å²) in [5.74, 6) is 0. The van der Waals surface area contributed by atoms with Gasteiger partial charge in [0.2, 0.25) is 0 Å². The van der Waals surface area contributed by atoms with E-state index in [1.807, 2.05) is 0 Å². The Labute approximate surface area is 159 Å². The molecule has 0 bridgehead atoms. The van der Waals surface area contributed by atoms with Gasteiger partial charge in [-0.15, -0.1) is 0 Å². The molecule has 0 aromatic rings. The average Bonchev–Trinajstić information content (AvgIpc) is 2.72. The van der Waals surface area contributed by atoms with Gasteiger partial charge in [-0.3, -0.25) is 0 Å². The van der Waals surface area contributed by atoms with E-state index in [1.54, 1.807) is 0 Å². The number of rotatable bonds is 4. The fraction of sp³-hybridized carbons (Fsp3) is 0.667. The van der Waals surface area contributed by atoms with Crippen LogP contribution in [0.5, 0.6) is 0 Å². The van der Waals surface area contributed by atoms with E-state index in [1.165, 1.54) is 77.0 Å². The molecule has 25 heavy (non-hydrogen) atoms. The molecule has 4 unspecified atom stereocenters. The van der Waals surface area contributed by atoms with Gasteiger partial charge in [0.25, 0.3) is 0 Å². The molecular formula is C24H36Sn. The van der Waals surface area contributed by atoms with Crippen LogP contribution in [0.1, 0.15) is 77.0 Å². The Morgan fingerprint density at radius 3 is 0.920 bits per heavy atom. The van der Waals surface area contributed by atoms with Crippen molar-refractivity contribution in [3.8, 4) is 0 Å². The Hall–Kier alpha value is -0.241. The van der Waals surface area contributed by atoms with Crippen molar-refractivity contribution in [1.82, 2.24) is 0 Å². The topological polar surface area (TPSA) is 0 Å². The third kappa shape index (κ3) is 3.62. The molecule has 4 atom stereocenters. The van der Waals surface area contributed by atoms with Crippen molar-refractivity contribution < 1.29 is 0 Å². The molecule has 4 aliphatic carbocycles. The third-order valence-corrected chi connectivity index (χ3v) is 27.7. The Morgan fingerprint density at radius 2 is 0.720 bits per heavy atom. The van der Waals surface area contributed by atoms with Crippen molar-refractivity contribution in [2.45, 2.75) is 92.8 Å². The van der Waals surface area contributed by atoms with Crippen molar-refractivity contribution >= 4 is 18.4 Å². The molecule has 0 aromatic carbocycles. The van der Waals surface area contributed by atoms with E-state index in [-0.39, 0.29) is 0 Å². The zero-order valence-electron chi connectivity index (χ0n) is 15.9. The summed E-state index contributed by atoms with van der Waals surface area (Å²) in [6.45, 7) is 0. The van der Waals surface area contributed by atoms with Crippen molar-refractivity contribution in [2.75, 3.05) is 0 Å². The van der Waals surface area contributed by atoms with Crippen molar-refractivity contribution in [3.63, 3.8) is 0 Å². The Balaban J connectivity index is 1.82. The third-order valence-electron chi connectivity index (χ3n) is 7.59. The van der Waals surface area contributed by atoms with E-state index in [9.17, 15) is 0 Å². The molecule has 4 rings (SSSR count). The zero-order chi connectivity index (χ0) is 17.0. The predicted octanol–water partition coefficient (Wildman–Crippen LogP) is 7.88. The van der Waals surface area contributed by atoms with Crippen LogP contribution >= 0.6 is 0 Å². The van der Waals surface area contributed by atoms with E-state index < -0.39 is 18.4 Å². The van der Waals surface area contributed by atoms with Gasteiger partial charge in [0.15, 0.2) is 0 Å². The first-order valence-electron chi connectivity index (χ1n) is 11.1. The zero-order valence-corrected chi connectivity index (χ0v) is 18.8. The molecule has 0 spiro atoms. The first kappa shape index (κ1) is 18.1. The molecule has 0 saturated heterocycles. The van der Waals surface area contributed by atoms with Crippen LogP contribution < -0.4 is 0 Å². The second kappa shape index (κ2) is 8.63. The summed E-state index contributed by atoms with van der Waals surface area (Å²) in [6.07, 6.45) is 38.4. The minimum absolute atomic E-state index is 0.983. The summed E-state index contributed by atoms with van der Waals surface area (Å²) in [5, 5.41) is 0. The van der Waals surface area contributed by atoms with Crippen LogP contribution in [0.15, 0.2) is 48.6 Å². The van der Waals surface area contributed by atoms with Gasteiger partial charge >= 0.3 is 160 Å². The second-order valence-electron chi connectivity index (χ2n) is 8.86. The Kier molecular flexibility index (Phi) is 6.26. The van der Waals surface area contributed by atoms with Crippen molar-refractivity contribution in [1.29, 1.82) is 0 Å². The molecule has 0 radical (unpaired) electrons. The van der Waals surface area contributed by atoms with Gasteiger partial charge in [-0.25, -0.2) is 0 Å². The summed E-state index contributed by atoms with van der Waals surface area (Å²) >= 11 is -2.55. The van der Waals surface area contributed by atoms with Crippen LogP contribution in [0.4, 0.5) is 0 Å². The fourth-order valence-corrected chi connectivity index (χ4v) is 29.4. The standard InChI is InChI=1S/4C6H9.Sn/c4*1-2-4-6-5-3-1;/h4*1-3H,4-6H2;. The molecule has 4 aliphatic rings. The molecule has 1 heteroatoms.